The molecule has 0 unspecified atom stereocenters. The number of carbonyl (C=O) groups is 1. The maximum absolute atomic E-state index is 11.9. The van der Waals surface area contributed by atoms with Crippen molar-refractivity contribution in [2.45, 2.75) is 6.04 Å². The van der Waals surface area contributed by atoms with Gasteiger partial charge in [0, 0.05) is 10.7 Å². The number of nitrogens with one attached hydrogen (secondary N) is 2. The van der Waals surface area contributed by atoms with Gasteiger partial charge in [0.05, 0.1) is 24.5 Å². The molecule has 20 heavy (non-hydrogen) atoms. The highest BCUT2D eigenvalue weighted by atomic mass is 79.9. The number of halogens is 1. The number of benzene rings is 1. The van der Waals surface area contributed by atoms with Gasteiger partial charge in [-0.05, 0) is 27.6 Å². The maximum Gasteiger partial charge on any atom is 0.319 e. The zero-order chi connectivity index (χ0) is 14.4. The first-order valence-electron chi connectivity index (χ1n) is 6.03. The van der Waals surface area contributed by atoms with Crippen molar-refractivity contribution in [2.75, 3.05) is 11.9 Å². The van der Waals surface area contributed by atoms with E-state index in [1.807, 2.05) is 30.3 Å². The van der Waals surface area contributed by atoms with Crippen molar-refractivity contribution < 1.29 is 9.90 Å². The lowest BCUT2D eigenvalue weighted by Crippen LogP contribution is -2.34. The normalized spacial score (nSPS) is 11.7. The molecule has 1 aromatic carbocycles. The molecule has 2 amide bonds. The minimum Gasteiger partial charge on any atom is -0.394 e. The lowest BCUT2D eigenvalue weighted by atomic mass is 10.1. The van der Waals surface area contributed by atoms with Crippen LogP contribution in [0.1, 0.15) is 11.6 Å². The summed E-state index contributed by atoms with van der Waals surface area (Å²) in [6.45, 7) is -0.172. The number of aliphatic hydroxyl groups is 1. The molecule has 1 aromatic heterocycles. The molecule has 5 nitrogen and oxygen atoms in total. The molecule has 2 aromatic rings. The Labute approximate surface area is 125 Å². The minimum absolute atomic E-state index is 0.172. The number of carbonyl (C=O) groups excluding carboxylic acids is 1. The summed E-state index contributed by atoms with van der Waals surface area (Å²) in [5.41, 5.74) is 1.42. The molecular formula is C14H14BrN3O2. The van der Waals surface area contributed by atoms with E-state index in [2.05, 4.69) is 31.5 Å². The molecule has 0 radical (unpaired) electrons. The first-order chi connectivity index (χ1) is 9.69. The Hall–Kier alpha value is -1.92. The summed E-state index contributed by atoms with van der Waals surface area (Å²) in [5.74, 6) is 0. The monoisotopic (exact) mass is 335 g/mol. The number of pyridine rings is 1. The summed E-state index contributed by atoms with van der Waals surface area (Å²) in [5, 5.41) is 14.7. The SMILES string of the molecule is O=C(Nc1cncc(Br)c1)N[C@@H](CO)c1ccccc1. The van der Waals surface area contributed by atoms with Gasteiger partial charge in [0.15, 0.2) is 0 Å². The molecule has 0 saturated heterocycles. The summed E-state index contributed by atoms with van der Waals surface area (Å²) in [4.78, 5) is 15.8. The third-order valence-corrected chi connectivity index (χ3v) is 3.09. The number of hydrogen-bond donors (Lipinski definition) is 3. The van der Waals surface area contributed by atoms with Crippen LogP contribution in [0.2, 0.25) is 0 Å². The van der Waals surface area contributed by atoms with E-state index in [-0.39, 0.29) is 6.61 Å². The fourth-order valence-electron chi connectivity index (χ4n) is 1.73. The first kappa shape index (κ1) is 14.5. The molecule has 1 atom stereocenters. The second-order valence-corrected chi connectivity index (χ2v) is 5.05. The fourth-order valence-corrected chi connectivity index (χ4v) is 2.09. The Morgan fingerprint density at radius 2 is 2.05 bits per heavy atom. The van der Waals surface area contributed by atoms with Gasteiger partial charge < -0.3 is 15.7 Å². The van der Waals surface area contributed by atoms with Crippen LogP contribution in [0.15, 0.2) is 53.3 Å². The molecule has 0 fully saturated rings. The summed E-state index contributed by atoms with van der Waals surface area (Å²) in [7, 11) is 0. The molecule has 0 saturated carbocycles. The average molecular weight is 336 g/mol. The number of nitrogens with zero attached hydrogens (tertiary/aromatic N) is 1. The van der Waals surface area contributed by atoms with Crippen molar-refractivity contribution in [3.63, 3.8) is 0 Å². The van der Waals surface area contributed by atoms with Crippen LogP contribution in [0.4, 0.5) is 10.5 Å². The summed E-state index contributed by atoms with van der Waals surface area (Å²) in [6, 6.07) is 10.2. The number of hydrogen-bond acceptors (Lipinski definition) is 3. The van der Waals surface area contributed by atoms with Gasteiger partial charge in [0.1, 0.15) is 0 Å². The van der Waals surface area contributed by atoms with E-state index in [1.54, 1.807) is 18.5 Å². The Bertz CT molecular complexity index is 578. The molecule has 0 bridgehead atoms. The lowest BCUT2D eigenvalue weighted by Gasteiger charge is -2.17. The highest BCUT2D eigenvalue weighted by Crippen LogP contribution is 2.15. The van der Waals surface area contributed by atoms with Gasteiger partial charge in [-0.25, -0.2) is 4.79 Å². The predicted molar refractivity (Wildman–Crippen MR) is 80.4 cm³/mol. The van der Waals surface area contributed by atoms with Crippen molar-refractivity contribution >= 4 is 27.6 Å². The zero-order valence-corrected chi connectivity index (χ0v) is 12.2. The first-order valence-corrected chi connectivity index (χ1v) is 6.82. The van der Waals surface area contributed by atoms with Gasteiger partial charge in [-0.3, -0.25) is 4.98 Å². The molecule has 6 heteroatoms. The molecule has 1 heterocycles. The second kappa shape index (κ2) is 7.02. The van der Waals surface area contributed by atoms with Crippen LogP contribution in [0.25, 0.3) is 0 Å². The van der Waals surface area contributed by atoms with Crippen LogP contribution in [0.3, 0.4) is 0 Å². The van der Waals surface area contributed by atoms with Gasteiger partial charge in [-0.2, -0.15) is 0 Å². The molecule has 0 aliphatic carbocycles. The van der Waals surface area contributed by atoms with Gasteiger partial charge in [0.2, 0.25) is 0 Å². The molecule has 2 rings (SSSR count). The van der Waals surface area contributed by atoms with E-state index >= 15 is 0 Å². The quantitative estimate of drug-likeness (QED) is 0.804. The molecular weight excluding hydrogens is 322 g/mol. The topological polar surface area (TPSA) is 74.2 Å². The minimum atomic E-state index is -0.448. The van der Waals surface area contributed by atoms with Crippen molar-refractivity contribution in [2.24, 2.45) is 0 Å². The van der Waals surface area contributed by atoms with E-state index in [0.717, 1.165) is 10.0 Å². The van der Waals surface area contributed by atoms with Crippen LogP contribution in [0, 0.1) is 0 Å². The molecule has 104 valence electrons. The Kier molecular flexibility index (Phi) is 5.09. The van der Waals surface area contributed by atoms with Crippen LogP contribution in [0.5, 0.6) is 0 Å². The average Bonchev–Trinajstić information content (AvgIpc) is 2.45. The van der Waals surface area contributed by atoms with Crippen LogP contribution in [-0.2, 0) is 0 Å². The number of anilines is 1. The van der Waals surface area contributed by atoms with E-state index < -0.39 is 12.1 Å². The van der Waals surface area contributed by atoms with Crippen LogP contribution < -0.4 is 10.6 Å². The van der Waals surface area contributed by atoms with E-state index in [0.29, 0.717) is 5.69 Å². The smallest absolute Gasteiger partial charge is 0.319 e. The fraction of sp³-hybridized carbons (Fsp3) is 0.143. The molecule has 3 N–H and O–H groups in total. The van der Waals surface area contributed by atoms with Crippen LogP contribution >= 0.6 is 15.9 Å². The number of rotatable bonds is 4. The molecule has 0 spiro atoms. The largest absolute Gasteiger partial charge is 0.394 e. The van der Waals surface area contributed by atoms with Crippen molar-refractivity contribution in [1.82, 2.24) is 10.3 Å². The number of amides is 2. The van der Waals surface area contributed by atoms with Crippen molar-refractivity contribution in [3.8, 4) is 0 Å². The van der Waals surface area contributed by atoms with Crippen LogP contribution in [-0.4, -0.2) is 22.7 Å². The van der Waals surface area contributed by atoms with Gasteiger partial charge >= 0.3 is 6.03 Å². The number of aromatic nitrogens is 1. The third-order valence-electron chi connectivity index (χ3n) is 2.65. The number of urea groups is 1. The molecule has 0 aliphatic heterocycles. The zero-order valence-electron chi connectivity index (χ0n) is 10.6. The summed E-state index contributed by atoms with van der Waals surface area (Å²) >= 11 is 3.28. The Balaban J connectivity index is 2.00. The van der Waals surface area contributed by atoms with E-state index in [9.17, 15) is 9.90 Å². The van der Waals surface area contributed by atoms with E-state index in [4.69, 9.17) is 0 Å². The summed E-state index contributed by atoms with van der Waals surface area (Å²) in [6.07, 6.45) is 3.17. The van der Waals surface area contributed by atoms with Gasteiger partial charge in [0.25, 0.3) is 0 Å². The third kappa shape index (κ3) is 4.04. The van der Waals surface area contributed by atoms with E-state index in [1.165, 1.54) is 0 Å². The predicted octanol–water partition coefficient (Wildman–Crippen LogP) is 2.70. The standard InChI is InChI=1S/C14H14BrN3O2/c15-11-6-12(8-16-7-11)17-14(20)18-13(9-19)10-4-2-1-3-5-10/h1-8,13,19H,9H2,(H2,17,18,20)/t13-/m0/s1. The Morgan fingerprint density at radius 1 is 1.30 bits per heavy atom. The lowest BCUT2D eigenvalue weighted by molar-refractivity contribution is 0.225. The maximum atomic E-state index is 11.9. The number of aliphatic hydroxyl groups excluding tert-OH is 1. The second-order valence-electron chi connectivity index (χ2n) is 4.14. The van der Waals surface area contributed by atoms with Crippen molar-refractivity contribution in [3.05, 3.63) is 58.8 Å². The molecule has 0 aliphatic rings. The van der Waals surface area contributed by atoms with Crippen molar-refractivity contribution in [1.29, 1.82) is 0 Å². The van der Waals surface area contributed by atoms with Gasteiger partial charge in [-0.1, -0.05) is 30.3 Å². The Morgan fingerprint density at radius 3 is 2.70 bits per heavy atom. The summed E-state index contributed by atoms with van der Waals surface area (Å²) < 4.78 is 0.775. The highest BCUT2D eigenvalue weighted by molar-refractivity contribution is 9.10. The highest BCUT2D eigenvalue weighted by Gasteiger charge is 2.13. The van der Waals surface area contributed by atoms with Gasteiger partial charge in [-0.15, -0.1) is 0 Å².